The number of hydrogen-bond donors (Lipinski definition) is 1. The molecule has 0 spiro atoms. The van der Waals surface area contributed by atoms with Crippen molar-refractivity contribution in [3.63, 3.8) is 0 Å². The molecule has 0 atom stereocenters. The lowest BCUT2D eigenvalue weighted by atomic mass is 10.00. The zero-order chi connectivity index (χ0) is 16.5. The number of rotatable bonds is 10. The largest absolute Gasteiger partial charge is 0.493 e. The smallest absolute Gasteiger partial charge is 0.178 e. The van der Waals surface area contributed by atoms with Crippen LogP contribution in [-0.4, -0.2) is 44.5 Å². The highest BCUT2D eigenvalue weighted by Gasteiger charge is 2.18. The first-order chi connectivity index (χ1) is 10.5. The molecule has 1 aromatic carbocycles. The van der Waals surface area contributed by atoms with Crippen LogP contribution in [0, 0.1) is 13.8 Å². The number of ketones is 1. The predicted octanol–water partition coefficient (Wildman–Crippen LogP) is 3.24. The second-order valence-electron chi connectivity index (χ2n) is 4.92. The van der Waals surface area contributed by atoms with E-state index in [1.54, 1.807) is 20.3 Å². The molecule has 0 saturated carbocycles. The second-order valence-corrected chi connectivity index (χ2v) is 6.63. The topological polar surface area (TPSA) is 65.0 Å². The van der Waals surface area contributed by atoms with Gasteiger partial charge in [0.05, 0.1) is 12.8 Å². The standard InChI is InChI=1S/C16H25O5P/c1-12-13(2)16(21-10-6-5-9-17)8-7-14(12)15(18)11-22(19-3)20-4/h7-8,17H,5-6,9-11H2,1-4H3. The SMILES string of the molecule is COP(CC(=O)c1ccc(OCCCCO)c(C)c1C)OC. The van der Waals surface area contributed by atoms with Crippen LogP contribution >= 0.6 is 8.38 Å². The maximum Gasteiger partial charge on any atom is 0.178 e. The Kier molecular flexibility index (Phi) is 8.57. The monoisotopic (exact) mass is 328 g/mol. The molecule has 0 unspecified atom stereocenters. The molecule has 0 aliphatic carbocycles. The van der Waals surface area contributed by atoms with Crippen LogP contribution in [0.4, 0.5) is 0 Å². The Balaban J connectivity index is 2.78. The van der Waals surface area contributed by atoms with E-state index >= 15 is 0 Å². The number of benzene rings is 1. The van der Waals surface area contributed by atoms with Gasteiger partial charge in [-0.3, -0.25) is 4.79 Å². The lowest BCUT2D eigenvalue weighted by Crippen LogP contribution is -2.09. The molecule has 1 N–H and O–H groups in total. The fourth-order valence-corrected chi connectivity index (χ4v) is 2.87. The maximum atomic E-state index is 12.3. The molecule has 124 valence electrons. The minimum absolute atomic E-state index is 0.0160. The third-order valence-corrected chi connectivity index (χ3v) is 4.89. The zero-order valence-corrected chi connectivity index (χ0v) is 14.6. The molecule has 1 aromatic rings. The number of carbonyl (C=O) groups excluding carboxylic acids is 1. The van der Waals surface area contributed by atoms with Gasteiger partial charge in [0.25, 0.3) is 0 Å². The molecule has 0 heterocycles. The summed E-state index contributed by atoms with van der Waals surface area (Å²) in [7, 11) is 1.92. The van der Waals surface area contributed by atoms with Crippen molar-refractivity contribution in [1.29, 1.82) is 0 Å². The van der Waals surface area contributed by atoms with Gasteiger partial charge in [0.1, 0.15) is 5.75 Å². The first kappa shape index (κ1) is 19.0. The van der Waals surface area contributed by atoms with E-state index in [-0.39, 0.29) is 18.6 Å². The summed E-state index contributed by atoms with van der Waals surface area (Å²) in [6, 6.07) is 3.63. The predicted molar refractivity (Wildman–Crippen MR) is 87.9 cm³/mol. The molecule has 6 heteroatoms. The molecule has 1 rings (SSSR count). The lowest BCUT2D eigenvalue weighted by molar-refractivity contribution is 0.101. The van der Waals surface area contributed by atoms with Crippen molar-refractivity contribution in [1.82, 2.24) is 0 Å². The number of carbonyl (C=O) groups is 1. The van der Waals surface area contributed by atoms with E-state index in [4.69, 9.17) is 18.9 Å². The van der Waals surface area contributed by atoms with Gasteiger partial charge in [-0.2, -0.15) is 0 Å². The van der Waals surface area contributed by atoms with Gasteiger partial charge in [0.15, 0.2) is 14.2 Å². The number of ether oxygens (including phenoxy) is 1. The maximum absolute atomic E-state index is 12.3. The number of hydrogen-bond acceptors (Lipinski definition) is 5. The minimum atomic E-state index is -1.17. The summed E-state index contributed by atoms with van der Waals surface area (Å²) in [6.45, 7) is 4.61. The Morgan fingerprint density at radius 1 is 1.14 bits per heavy atom. The molecule has 5 nitrogen and oxygen atoms in total. The molecule has 22 heavy (non-hydrogen) atoms. The van der Waals surface area contributed by atoms with Gasteiger partial charge in [-0.15, -0.1) is 0 Å². The van der Waals surface area contributed by atoms with Crippen LogP contribution in [-0.2, 0) is 9.05 Å². The fraction of sp³-hybridized carbons (Fsp3) is 0.562. The van der Waals surface area contributed by atoms with Gasteiger partial charge in [0, 0.05) is 26.4 Å². The summed E-state index contributed by atoms with van der Waals surface area (Å²) in [5.74, 6) is 0.801. The van der Waals surface area contributed by atoms with Gasteiger partial charge in [-0.25, -0.2) is 0 Å². The average Bonchev–Trinajstić information content (AvgIpc) is 2.52. The Bertz CT molecular complexity index is 486. The Morgan fingerprint density at radius 3 is 2.41 bits per heavy atom. The van der Waals surface area contributed by atoms with E-state index in [9.17, 15) is 4.79 Å². The quantitative estimate of drug-likeness (QED) is 0.406. The van der Waals surface area contributed by atoms with Crippen LogP contribution in [0.5, 0.6) is 5.75 Å². The summed E-state index contributed by atoms with van der Waals surface area (Å²) >= 11 is 0. The van der Waals surface area contributed by atoms with E-state index in [0.29, 0.717) is 12.2 Å². The first-order valence-electron chi connectivity index (χ1n) is 7.28. The molecule has 0 aliphatic rings. The van der Waals surface area contributed by atoms with Crippen molar-refractivity contribution in [3.8, 4) is 5.75 Å². The van der Waals surface area contributed by atoms with E-state index in [2.05, 4.69) is 0 Å². The zero-order valence-electron chi connectivity index (χ0n) is 13.7. The summed E-state index contributed by atoms with van der Waals surface area (Å²) in [5.41, 5.74) is 2.57. The molecule has 0 aromatic heterocycles. The van der Waals surface area contributed by atoms with Crippen LogP contribution in [0.1, 0.15) is 34.3 Å². The van der Waals surface area contributed by atoms with Crippen LogP contribution < -0.4 is 4.74 Å². The molecule has 0 radical (unpaired) electrons. The van der Waals surface area contributed by atoms with Crippen LogP contribution in [0.3, 0.4) is 0 Å². The van der Waals surface area contributed by atoms with Crippen molar-refractivity contribution in [2.75, 3.05) is 33.6 Å². The molecule has 0 aliphatic heterocycles. The van der Waals surface area contributed by atoms with Gasteiger partial charge in [-0.05, 0) is 49.9 Å². The third-order valence-electron chi connectivity index (χ3n) is 3.53. The van der Waals surface area contributed by atoms with E-state index < -0.39 is 8.38 Å². The van der Waals surface area contributed by atoms with Crippen molar-refractivity contribution >= 4 is 14.2 Å². The molecule has 0 fully saturated rings. The first-order valence-corrected chi connectivity index (χ1v) is 8.64. The van der Waals surface area contributed by atoms with Crippen molar-refractivity contribution < 1.29 is 23.7 Å². The van der Waals surface area contributed by atoms with E-state index in [0.717, 1.165) is 29.7 Å². The molecule has 0 saturated heterocycles. The van der Waals surface area contributed by atoms with Gasteiger partial charge in [-0.1, -0.05) is 0 Å². The normalized spacial score (nSPS) is 11.0. The third kappa shape index (κ3) is 5.33. The van der Waals surface area contributed by atoms with Crippen LogP contribution in [0.2, 0.25) is 0 Å². The summed E-state index contributed by atoms with van der Waals surface area (Å²) in [5, 5.41) is 8.76. The molecule has 0 bridgehead atoms. The van der Waals surface area contributed by atoms with Gasteiger partial charge >= 0.3 is 0 Å². The van der Waals surface area contributed by atoms with Gasteiger partial charge in [0.2, 0.25) is 0 Å². The number of unbranched alkanes of at least 4 members (excludes halogenated alkanes) is 1. The number of Topliss-reactive ketones (excluding diaryl/α,β-unsaturated/α-hetero) is 1. The summed E-state index contributed by atoms with van der Waals surface area (Å²) < 4.78 is 16.0. The summed E-state index contributed by atoms with van der Waals surface area (Å²) in [4.78, 5) is 12.3. The summed E-state index contributed by atoms with van der Waals surface area (Å²) in [6.07, 6.45) is 1.78. The van der Waals surface area contributed by atoms with Crippen LogP contribution in [0.15, 0.2) is 12.1 Å². The number of aliphatic hydroxyl groups excluding tert-OH is 1. The minimum Gasteiger partial charge on any atom is -0.493 e. The van der Waals surface area contributed by atoms with Crippen LogP contribution in [0.25, 0.3) is 0 Å². The molecular weight excluding hydrogens is 303 g/mol. The van der Waals surface area contributed by atoms with E-state index in [1.165, 1.54) is 0 Å². The lowest BCUT2D eigenvalue weighted by Gasteiger charge is -2.15. The Hall–Kier alpha value is -1.00. The fourth-order valence-electron chi connectivity index (χ4n) is 2.06. The number of aliphatic hydroxyl groups is 1. The highest BCUT2D eigenvalue weighted by Crippen LogP contribution is 2.37. The molecular formula is C16H25O5P. The average molecular weight is 328 g/mol. The highest BCUT2D eigenvalue weighted by atomic mass is 31.2. The van der Waals surface area contributed by atoms with Gasteiger partial charge < -0.3 is 18.9 Å². The highest BCUT2D eigenvalue weighted by molar-refractivity contribution is 7.48. The van der Waals surface area contributed by atoms with Crippen molar-refractivity contribution in [2.24, 2.45) is 0 Å². The van der Waals surface area contributed by atoms with E-state index in [1.807, 2.05) is 19.9 Å². The second kappa shape index (κ2) is 9.90. The van der Waals surface area contributed by atoms with Crippen molar-refractivity contribution in [2.45, 2.75) is 26.7 Å². The Morgan fingerprint density at radius 2 is 1.82 bits per heavy atom. The Labute approximate surface area is 133 Å². The van der Waals surface area contributed by atoms with Crippen molar-refractivity contribution in [3.05, 3.63) is 28.8 Å². The molecule has 0 amide bonds.